The first-order valence-electron chi connectivity index (χ1n) is 6.02. The molecule has 0 aromatic carbocycles. The van der Waals surface area contributed by atoms with Crippen LogP contribution in [-0.2, 0) is 4.74 Å². The Kier molecular flexibility index (Phi) is 2.76. The summed E-state index contributed by atoms with van der Waals surface area (Å²) >= 11 is 0. The summed E-state index contributed by atoms with van der Waals surface area (Å²) in [5, 5.41) is 0. The highest BCUT2D eigenvalue weighted by Crippen LogP contribution is 2.45. The first-order chi connectivity index (χ1) is 7.04. The fraction of sp³-hybridized carbons (Fsp3) is 0.714. The van der Waals surface area contributed by atoms with Gasteiger partial charge in [0, 0.05) is 5.92 Å². The number of rotatable bonds is 1. The lowest BCUT2D eigenvalue weighted by atomic mass is 9.70. The van der Waals surface area contributed by atoms with Crippen LogP contribution < -0.4 is 0 Å². The third-order valence-corrected chi connectivity index (χ3v) is 4.05. The zero-order valence-corrected chi connectivity index (χ0v) is 10.3. The van der Waals surface area contributed by atoms with Crippen LogP contribution in [0.2, 0.25) is 0 Å². The van der Waals surface area contributed by atoms with E-state index < -0.39 is 0 Å². The number of fused-ring (bicyclic) bond motifs is 2. The highest BCUT2D eigenvalue weighted by atomic mass is 16.5. The molecular formula is C14H22O. The molecule has 2 rings (SSSR count). The fourth-order valence-corrected chi connectivity index (χ4v) is 2.92. The maximum Gasteiger partial charge on any atom is 0.0828 e. The predicted octanol–water partition coefficient (Wildman–Crippen LogP) is 3.71. The number of ether oxygens (including phenoxy) is 1. The van der Waals surface area contributed by atoms with Crippen LogP contribution >= 0.6 is 0 Å². The summed E-state index contributed by atoms with van der Waals surface area (Å²) in [4.78, 5) is 0. The summed E-state index contributed by atoms with van der Waals surface area (Å²) in [6, 6.07) is 0. The van der Waals surface area contributed by atoms with Crippen LogP contribution in [0.25, 0.3) is 0 Å². The molecule has 0 aromatic heterocycles. The van der Waals surface area contributed by atoms with Crippen molar-refractivity contribution < 1.29 is 4.74 Å². The highest BCUT2D eigenvalue weighted by Gasteiger charge is 2.43. The summed E-state index contributed by atoms with van der Waals surface area (Å²) in [5.74, 6) is 1.32. The molecule has 0 radical (unpaired) electrons. The van der Waals surface area contributed by atoms with Crippen molar-refractivity contribution in [2.75, 3.05) is 0 Å². The zero-order valence-electron chi connectivity index (χ0n) is 10.3. The first kappa shape index (κ1) is 10.9. The largest absolute Gasteiger partial charge is 0.367 e. The van der Waals surface area contributed by atoms with Gasteiger partial charge in [0.05, 0.1) is 11.7 Å². The van der Waals surface area contributed by atoms with Crippen molar-refractivity contribution in [3.63, 3.8) is 0 Å². The Morgan fingerprint density at radius 3 is 2.87 bits per heavy atom. The zero-order chi connectivity index (χ0) is 11.1. The van der Waals surface area contributed by atoms with E-state index in [0.717, 1.165) is 0 Å². The minimum Gasteiger partial charge on any atom is -0.367 e. The van der Waals surface area contributed by atoms with E-state index in [1.165, 1.54) is 18.4 Å². The normalized spacial score (nSPS) is 39.2. The molecule has 3 unspecified atom stereocenters. The van der Waals surface area contributed by atoms with Gasteiger partial charge in [-0.3, -0.25) is 0 Å². The van der Waals surface area contributed by atoms with Gasteiger partial charge in [-0.1, -0.05) is 23.8 Å². The van der Waals surface area contributed by atoms with Gasteiger partial charge in [0.25, 0.3) is 0 Å². The van der Waals surface area contributed by atoms with Gasteiger partial charge in [0.1, 0.15) is 0 Å². The van der Waals surface area contributed by atoms with Gasteiger partial charge in [-0.15, -0.1) is 0 Å². The van der Waals surface area contributed by atoms with Crippen LogP contribution in [0.3, 0.4) is 0 Å². The molecule has 0 saturated carbocycles. The SMILES string of the molecule is C/C=C/C1OC(C)(C)C2CC=C(C)C1C2. The van der Waals surface area contributed by atoms with Crippen LogP contribution in [0.1, 0.15) is 40.5 Å². The molecule has 1 heterocycles. The smallest absolute Gasteiger partial charge is 0.0828 e. The lowest BCUT2D eigenvalue weighted by Crippen LogP contribution is -2.48. The van der Waals surface area contributed by atoms with Crippen LogP contribution in [0, 0.1) is 11.8 Å². The Morgan fingerprint density at radius 1 is 1.47 bits per heavy atom. The van der Waals surface area contributed by atoms with E-state index in [0.29, 0.717) is 11.8 Å². The lowest BCUT2D eigenvalue weighted by molar-refractivity contribution is -0.145. The Morgan fingerprint density at radius 2 is 2.20 bits per heavy atom. The van der Waals surface area contributed by atoms with E-state index in [4.69, 9.17) is 4.74 Å². The molecule has 1 aliphatic carbocycles. The predicted molar refractivity (Wildman–Crippen MR) is 63.7 cm³/mol. The molecule has 84 valence electrons. The molecule has 0 amide bonds. The van der Waals surface area contributed by atoms with Gasteiger partial charge in [0.15, 0.2) is 0 Å². The standard InChI is InChI=1S/C14H22O/c1-5-6-13-12-9-11(8-7-10(12)2)14(3,4)15-13/h5-7,11-13H,8-9H2,1-4H3/b6-5+. The van der Waals surface area contributed by atoms with Crippen molar-refractivity contribution in [2.24, 2.45) is 11.8 Å². The number of hydrogen-bond acceptors (Lipinski definition) is 1. The first-order valence-corrected chi connectivity index (χ1v) is 6.02. The molecule has 1 saturated heterocycles. The molecule has 2 bridgehead atoms. The number of allylic oxidation sites excluding steroid dienone is 2. The Hall–Kier alpha value is -0.560. The van der Waals surface area contributed by atoms with Crippen molar-refractivity contribution >= 4 is 0 Å². The van der Waals surface area contributed by atoms with Gasteiger partial charge in [-0.2, -0.15) is 0 Å². The Labute approximate surface area is 93.2 Å². The molecule has 1 heteroatoms. The second kappa shape index (κ2) is 3.79. The molecule has 1 fully saturated rings. The highest BCUT2D eigenvalue weighted by molar-refractivity contribution is 5.17. The van der Waals surface area contributed by atoms with Crippen molar-refractivity contribution in [3.05, 3.63) is 23.8 Å². The molecule has 1 aliphatic heterocycles. The quantitative estimate of drug-likeness (QED) is 0.594. The Bertz CT molecular complexity index is 298. The van der Waals surface area contributed by atoms with E-state index in [-0.39, 0.29) is 11.7 Å². The fourth-order valence-electron chi connectivity index (χ4n) is 2.92. The molecule has 0 N–H and O–H groups in total. The maximum atomic E-state index is 6.22. The van der Waals surface area contributed by atoms with Crippen LogP contribution in [0.15, 0.2) is 23.8 Å². The molecule has 1 nitrogen and oxygen atoms in total. The summed E-state index contributed by atoms with van der Waals surface area (Å²) < 4.78 is 6.22. The summed E-state index contributed by atoms with van der Waals surface area (Å²) in [6.07, 6.45) is 9.52. The Balaban J connectivity index is 2.28. The van der Waals surface area contributed by atoms with Crippen LogP contribution in [0.4, 0.5) is 0 Å². The molecule has 0 spiro atoms. The second-order valence-corrected chi connectivity index (χ2v) is 5.43. The topological polar surface area (TPSA) is 9.23 Å². The van der Waals surface area contributed by atoms with Gasteiger partial charge < -0.3 is 4.74 Å². The minimum absolute atomic E-state index is 0.0396. The summed E-state index contributed by atoms with van der Waals surface area (Å²) in [5.41, 5.74) is 1.56. The molecule has 3 atom stereocenters. The average molecular weight is 206 g/mol. The van der Waals surface area contributed by atoms with Gasteiger partial charge in [-0.25, -0.2) is 0 Å². The average Bonchev–Trinajstić information content (AvgIpc) is 2.16. The monoisotopic (exact) mass is 206 g/mol. The molecular weight excluding hydrogens is 184 g/mol. The summed E-state index contributed by atoms with van der Waals surface area (Å²) in [7, 11) is 0. The van der Waals surface area contributed by atoms with Gasteiger partial charge >= 0.3 is 0 Å². The minimum atomic E-state index is 0.0396. The van der Waals surface area contributed by atoms with E-state index in [9.17, 15) is 0 Å². The molecule has 0 aromatic rings. The van der Waals surface area contributed by atoms with Gasteiger partial charge in [-0.05, 0) is 46.5 Å². The van der Waals surface area contributed by atoms with Crippen molar-refractivity contribution in [3.8, 4) is 0 Å². The van der Waals surface area contributed by atoms with Crippen molar-refractivity contribution in [1.82, 2.24) is 0 Å². The third-order valence-electron chi connectivity index (χ3n) is 4.05. The molecule has 15 heavy (non-hydrogen) atoms. The van der Waals surface area contributed by atoms with E-state index in [1.54, 1.807) is 0 Å². The maximum absolute atomic E-state index is 6.22. The van der Waals surface area contributed by atoms with Crippen molar-refractivity contribution in [2.45, 2.75) is 52.2 Å². The second-order valence-electron chi connectivity index (χ2n) is 5.43. The van der Waals surface area contributed by atoms with E-state index in [1.807, 2.05) is 0 Å². The van der Waals surface area contributed by atoms with Crippen molar-refractivity contribution in [1.29, 1.82) is 0 Å². The number of hydrogen-bond donors (Lipinski definition) is 0. The van der Waals surface area contributed by atoms with Gasteiger partial charge in [0.2, 0.25) is 0 Å². The van der Waals surface area contributed by atoms with E-state index in [2.05, 4.69) is 45.9 Å². The van der Waals surface area contributed by atoms with Crippen LogP contribution in [-0.4, -0.2) is 11.7 Å². The lowest BCUT2D eigenvalue weighted by Gasteiger charge is -2.48. The van der Waals surface area contributed by atoms with E-state index >= 15 is 0 Å². The van der Waals surface area contributed by atoms with Crippen LogP contribution in [0.5, 0.6) is 0 Å². The summed E-state index contributed by atoms with van der Waals surface area (Å²) in [6.45, 7) is 8.79. The third kappa shape index (κ3) is 1.90. The molecule has 2 aliphatic rings.